The summed E-state index contributed by atoms with van der Waals surface area (Å²) in [5.74, 6) is 0.388. The molecule has 0 radical (unpaired) electrons. The number of nitrogens with one attached hydrogen (secondary N) is 1. The zero-order chi connectivity index (χ0) is 14.4. The van der Waals surface area contributed by atoms with Gasteiger partial charge >= 0.3 is 0 Å². The van der Waals surface area contributed by atoms with Crippen LogP contribution in [0.3, 0.4) is 0 Å². The zero-order valence-electron chi connectivity index (χ0n) is 10.9. The Bertz CT molecular complexity index is 584. The number of rotatable bonds is 6. The number of anilines is 1. The molecule has 20 heavy (non-hydrogen) atoms. The van der Waals surface area contributed by atoms with Crippen molar-refractivity contribution in [3.05, 3.63) is 71.5 Å². The molecule has 0 saturated heterocycles. The van der Waals surface area contributed by atoms with Crippen molar-refractivity contribution in [2.75, 3.05) is 11.9 Å². The number of benzene rings is 2. The van der Waals surface area contributed by atoms with Gasteiger partial charge in [0.1, 0.15) is 18.2 Å². The molecule has 104 valence electrons. The van der Waals surface area contributed by atoms with Gasteiger partial charge in [-0.05, 0) is 42.0 Å². The minimum Gasteiger partial charge on any atom is -0.488 e. The maximum Gasteiger partial charge on any atom is 0.138 e. The molecule has 0 aliphatic carbocycles. The fourth-order valence-corrected chi connectivity index (χ4v) is 1.95. The van der Waals surface area contributed by atoms with Gasteiger partial charge in [0.05, 0.1) is 5.02 Å². The van der Waals surface area contributed by atoms with Crippen molar-refractivity contribution in [1.82, 2.24) is 0 Å². The van der Waals surface area contributed by atoms with Crippen LogP contribution >= 0.6 is 11.6 Å². The van der Waals surface area contributed by atoms with Crippen LogP contribution in [0.1, 0.15) is 5.56 Å². The lowest BCUT2D eigenvalue weighted by atomic mass is 10.2. The van der Waals surface area contributed by atoms with E-state index in [2.05, 4.69) is 11.9 Å². The fourth-order valence-electron chi connectivity index (χ4n) is 1.69. The molecule has 4 heteroatoms. The maximum atomic E-state index is 12.8. The molecule has 2 rings (SSSR count). The molecule has 0 saturated carbocycles. The minimum absolute atomic E-state index is 0.248. The highest BCUT2D eigenvalue weighted by molar-refractivity contribution is 6.32. The molecule has 0 amide bonds. The predicted molar refractivity (Wildman–Crippen MR) is 80.9 cm³/mol. The van der Waals surface area contributed by atoms with E-state index in [1.54, 1.807) is 18.2 Å². The van der Waals surface area contributed by atoms with Crippen LogP contribution in [0.15, 0.2) is 55.1 Å². The zero-order valence-corrected chi connectivity index (χ0v) is 11.7. The minimum atomic E-state index is -0.248. The number of halogens is 2. The number of hydrogen-bond donors (Lipinski definition) is 1. The Morgan fingerprint density at radius 3 is 2.60 bits per heavy atom. The Morgan fingerprint density at radius 2 is 1.95 bits per heavy atom. The largest absolute Gasteiger partial charge is 0.488 e. The van der Waals surface area contributed by atoms with Crippen molar-refractivity contribution in [3.8, 4) is 5.75 Å². The van der Waals surface area contributed by atoms with Crippen LogP contribution in [0.25, 0.3) is 0 Å². The van der Waals surface area contributed by atoms with Gasteiger partial charge in [0, 0.05) is 12.2 Å². The molecule has 0 unspecified atom stereocenters. The van der Waals surface area contributed by atoms with Gasteiger partial charge in [0.2, 0.25) is 0 Å². The highest BCUT2D eigenvalue weighted by Gasteiger charge is 2.03. The Kier molecular flexibility index (Phi) is 5.02. The highest BCUT2D eigenvalue weighted by atomic mass is 35.5. The van der Waals surface area contributed by atoms with E-state index >= 15 is 0 Å². The third-order valence-electron chi connectivity index (χ3n) is 2.69. The summed E-state index contributed by atoms with van der Waals surface area (Å²) in [6.07, 6.45) is 1.67. The quantitative estimate of drug-likeness (QED) is 0.782. The molecule has 2 nitrogen and oxygen atoms in total. The Hall–Kier alpha value is -2.00. The summed E-state index contributed by atoms with van der Waals surface area (Å²) in [4.78, 5) is 0. The van der Waals surface area contributed by atoms with Gasteiger partial charge in [0.15, 0.2) is 0 Å². The van der Waals surface area contributed by atoms with Crippen molar-refractivity contribution in [2.24, 2.45) is 0 Å². The van der Waals surface area contributed by atoms with E-state index < -0.39 is 0 Å². The first-order chi connectivity index (χ1) is 9.69. The molecule has 0 bridgehead atoms. The third kappa shape index (κ3) is 4.00. The fraction of sp³-hybridized carbons (Fsp3) is 0.125. The van der Waals surface area contributed by atoms with Crippen LogP contribution in [-0.2, 0) is 6.54 Å². The second-order valence-corrected chi connectivity index (χ2v) is 4.63. The molecule has 0 aliphatic rings. The number of ether oxygens (including phenoxy) is 1. The van der Waals surface area contributed by atoms with E-state index in [-0.39, 0.29) is 5.82 Å². The van der Waals surface area contributed by atoms with E-state index in [0.717, 1.165) is 11.3 Å². The average Bonchev–Trinajstić information content (AvgIpc) is 2.46. The topological polar surface area (TPSA) is 21.3 Å². The smallest absolute Gasteiger partial charge is 0.138 e. The Morgan fingerprint density at radius 1 is 1.20 bits per heavy atom. The van der Waals surface area contributed by atoms with Crippen LogP contribution in [-0.4, -0.2) is 6.61 Å². The van der Waals surface area contributed by atoms with Gasteiger partial charge < -0.3 is 10.1 Å². The number of hydrogen-bond acceptors (Lipinski definition) is 2. The van der Waals surface area contributed by atoms with Crippen molar-refractivity contribution in [1.29, 1.82) is 0 Å². The lowest BCUT2D eigenvalue weighted by Crippen LogP contribution is -2.00. The monoisotopic (exact) mass is 291 g/mol. The van der Waals surface area contributed by atoms with Crippen LogP contribution in [0.5, 0.6) is 5.75 Å². The standard InChI is InChI=1S/C16H15ClFNO/c1-2-9-20-16-8-3-12(10-15(16)17)11-19-14-6-4-13(18)5-7-14/h2-8,10,19H,1,9,11H2. The summed E-state index contributed by atoms with van der Waals surface area (Å²) in [6.45, 7) is 4.62. The van der Waals surface area contributed by atoms with Gasteiger partial charge in [-0.25, -0.2) is 4.39 Å². The molecule has 0 atom stereocenters. The molecule has 0 aliphatic heterocycles. The van der Waals surface area contributed by atoms with Crippen molar-refractivity contribution in [3.63, 3.8) is 0 Å². The predicted octanol–water partition coefficient (Wildman–Crippen LogP) is 4.66. The second-order valence-electron chi connectivity index (χ2n) is 4.22. The van der Waals surface area contributed by atoms with Crippen LogP contribution in [0.2, 0.25) is 5.02 Å². The average molecular weight is 292 g/mol. The lowest BCUT2D eigenvalue weighted by Gasteiger charge is -2.09. The first kappa shape index (κ1) is 14.4. The Balaban J connectivity index is 1.97. The van der Waals surface area contributed by atoms with Crippen molar-refractivity contribution >= 4 is 17.3 Å². The summed E-state index contributed by atoms with van der Waals surface area (Å²) in [5, 5.41) is 3.76. The molecular weight excluding hydrogens is 277 g/mol. The third-order valence-corrected chi connectivity index (χ3v) is 2.99. The summed E-state index contributed by atoms with van der Waals surface area (Å²) in [6, 6.07) is 11.8. The summed E-state index contributed by atoms with van der Waals surface area (Å²) in [7, 11) is 0. The van der Waals surface area contributed by atoms with E-state index in [9.17, 15) is 4.39 Å². The summed E-state index contributed by atoms with van der Waals surface area (Å²) in [5.41, 5.74) is 1.87. The van der Waals surface area contributed by atoms with E-state index in [1.165, 1.54) is 12.1 Å². The lowest BCUT2D eigenvalue weighted by molar-refractivity contribution is 0.363. The molecule has 2 aromatic carbocycles. The molecule has 0 spiro atoms. The van der Waals surface area contributed by atoms with Gasteiger partial charge in [-0.1, -0.05) is 30.3 Å². The van der Waals surface area contributed by atoms with Crippen LogP contribution < -0.4 is 10.1 Å². The van der Waals surface area contributed by atoms with E-state index in [0.29, 0.717) is 23.9 Å². The van der Waals surface area contributed by atoms with Crippen molar-refractivity contribution in [2.45, 2.75) is 6.54 Å². The van der Waals surface area contributed by atoms with E-state index in [1.807, 2.05) is 18.2 Å². The molecule has 0 fully saturated rings. The first-order valence-corrected chi connectivity index (χ1v) is 6.58. The van der Waals surface area contributed by atoms with Crippen LogP contribution in [0, 0.1) is 5.82 Å². The summed E-state index contributed by atoms with van der Waals surface area (Å²) < 4.78 is 18.2. The van der Waals surface area contributed by atoms with Gasteiger partial charge in [-0.15, -0.1) is 0 Å². The van der Waals surface area contributed by atoms with Crippen LogP contribution in [0.4, 0.5) is 10.1 Å². The molecular formula is C16H15ClFNO. The second kappa shape index (κ2) is 6.96. The molecule has 0 heterocycles. The van der Waals surface area contributed by atoms with Gasteiger partial charge in [-0.2, -0.15) is 0 Å². The Labute approximate surface area is 122 Å². The van der Waals surface area contributed by atoms with Gasteiger partial charge in [0.25, 0.3) is 0 Å². The molecule has 2 aromatic rings. The summed E-state index contributed by atoms with van der Waals surface area (Å²) >= 11 is 6.13. The SMILES string of the molecule is C=CCOc1ccc(CNc2ccc(F)cc2)cc1Cl. The maximum absolute atomic E-state index is 12.8. The highest BCUT2D eigenvalue weighted by Crippen LogP contribution is 2.25. The van der Waals surface area contributed by atoms with Crippen molar-refractivity contribution < 1.29 is 9.13 Å². The van der Waals surface area contributed by atoms with Gasteiger partial charge in [-0.3, -0.25) is 0 Å². The normalized spacial score (nSPS) is 10.1. The molecule has 0 aromatic heterocycles. The van der Waals surface area contributed by atoms with E-state index in [4.69, 9.17) is 16.3 Å². The first-order valence-electron chi connectivity index (χ1n) is 6.20. The molecule has 1 N–H and O–H groups in total.